The number of aromatic nitrogens is 2. The van der Waals surface area contributed by atoms with E-state index < -0.39 is 5.91 Å². The molecule has 2 amide bonds. The van der Waals surface area contributed by atoms with Crippen LogP contribution in [0.15, 0.2) is 78.3 Å². The topological polar surface area (TPSA) is 84.5 Å². The summed E-state index contributed by atoms with van der Waals surface area (Å²) in [6, 6.07) is 21.2. The molecule has 2 aromatic heterocycles. The molecule has 0 radical (unpaired) electrons. The second-order valence-electron chi connectivity index (χ2n) is 8.28. The zero-order chi connectivity index (χ0) is 23.5. The van der Waals surface area contributed by atoms with Crippen LogP contribution in [0, 0.1) is 0 Å². The van der Waals surface area contributed by atoms with E-state index >= 15 is 0 Å². The lowest BCUT2D eigenvalue weighted by Gasteiger charge is -2.34. The molecule has 0 aliphatic carbocycles. The van der Waals surface area contributed by atoms with Gasteiger partial charge < -0.3 is 10.6 Å². The first-order valence-corrected chi connectivity index (χ1v) is 12.1. The van der Waals surface area contributed by atoms with Crippen LogP contribution in [0.5, 0.6) is 0 Å². The molecule has 1 fully saturated rings. The molecule has 8 heteroatoms. The molecule has 2 N–H and O–H groups in total. The van der Waals surface area contributed by atoms with Gasteiger partial charge in [-0.3, -0.25) is 14.5 Å². The van der Waals surface area contributed by atoms with E-state index in [-0.39, 0.29) is 5.91 Å². The van der Waals surface area contributed by atoms with E-state index in [2.05, 4.69) is 4.90 Å². The molecule has 0 bridgehead atoms. The Balaban J connectivity index is 1.29. The summed E-state index contributed by atoms with van der Waals surface area (Å²) < 4.78 is 1.79. The number of carbonyl (C=O) groups excluding carboxylic acids is 2. The minimum atomic E-state index is -0.420. The SMILES string of the molecule is NC(=O)c1ccc(CN2CCN(C(=O)c3cn(-c4ccccc4)nc3-c3cccs3)CC2)cc1. The first-order chi connectivity index (χ1) is 16.6. The van der Waals surface area contributed by atoms with E-state index in [4.69, 9.17) is 10.8 Å². The lowest BCUT2D eigenvalue weighted by molar-refractivity contribution is 0.0629. The predicted molar refractivity (Wildman–Crippen MR) is 133 cm³/mol. The van der Waals surface area contributed by atoms with Crippen molar-refractivity contribution in [3.63, 3.8) is 0 Å². The third-order valence-electron chi connectivity index (χ3n) is 6.02. The molecule has 0 atom stereocenters. The van der Waals surface area contributed by atoms with Gasteiger partial charge >= 0.3 is 0 Å². The van der Waals surface area contributed by atoms with Gasteiger partial charge in [-0.05, 0) is 41.3 Å². The Morgan fingerprint density at radius 2 is 1.65 bits per heavy atom. The first kappa shape index (κ1) is 22.1. The molecule has 0 saturated carbocycles. The lowest BCUT2D eigenvalue weighted by Crippen LogP contribution is -2.48. The second kappa shape index (κ2) is 9.62. The van der Waals surface area contributed by atoms with Gasteiger partial charge in [0.25, 0.3) is 5.91 Å². The van der Waals surface area contributed by atoms with Crippen molar-refractivity contribution in [1.82, 2.24) is 19.6 Å². The highest BCUT2D eigenvalue weighted by molar-refractivity contribution is 7.13. The predicted octanol–water partition coefficient (Wildman–Crippen LogP) is 3.66. The van der Waals surface area contributed by atoms with Gasteiger partial charge in [0.2, 0.25) is 5.91 Å². The van der Waals surface area contributed by atoms with Crippen molar-refractivity contribution >= 4 is 23.2 Å². The van der Waals surface area contributed by atoms with Gasteiger partial charge in [-0.25, -0.2) is 4.68 Å². The van der Waals surface area contributed by atoms with Crippen LogP contribution in [0.3, 0.4) is 0 Å². The zero-order valence-corrected chi connectivity index (χ0v) is 19.4. The van der Waals surface area contributed by atoms with Gasteiger partial charge in [0, 0.05) is 44.5 Å². The van der Waals surface area contributed by atoms with E-state index in [1.807, 2.05) is 71.1 Å². The largest absolute Gasteiger partial charge is 0.366 e. The van der Waals surface area contributed by atoms with Crippen LogP contribution in [-0.2, 0) is 6.54 Å². The number of thiophene rings is 1. The van der Waals surface area contributed by atoms with Gasteiger partial charge in [-0.15, -0.1) is 11.3 Å². The van der Waals surface area contributed by atoms with Crippen molar-refractivity contribution in [3.8, 4) is 16.3 Å². The average Bonchev–Trinajstić information content (AvgIpc) is 3.55. The third-order valence-corrected chi connectivity index (χ3v) is 6.90. The Kier molecular flexibility index (Phi) is 6.24. The number of nitrogens with zero attached hydrogens (tertiary/aromatic N) is 4. The highest BCUT2D eigenvalue weighted by Crippen LogP contribution is 2.29. The molecule has 1 aliphatic heterocycles. The van der Waals surface area contributed by atoms with Crippen molar-refractivity contribution in [2.45, 2.75) is 6.54 Å². The zero-order valence-electron chi connectivity index (χ0n) is 18.6. The number of carbonyl (C=O) groups is 2. The summed E-state index contributed by atoms with van der Waals surface area (Å²) in [6.07, 6.45) is 1.85. The monoisotopic (exact) mass is 471 g/mol. The van der Waals surface area contributed by atoms with Gasteiger partial charge in [-0.2, -0.15) is 5.10 Å². The number of rotatable bonds is 6. The number of hydrogen-bond donors (Lipinski definition) is 1. The second-order valence-corrected chi connectivity index (χ2v) is 9.23. The highest BCUT2D eigenvalue weighted by atomic mass is 32.1. The number of amides is 2. The summed E-state index contributed by atoms with van der Waals surface area (Å²) in [6.45, 7) is 3.64. The highest BCUT2D eigenvalue weighted by Gasteiger charge is 2.27. The maximum atomic E-state index is 13.5. The Bertz CT molecular complexity index is 1270. The number of piperazine rings is 1. The fourth-order valence-corrected chi connectivity index (χ4v) is 4.87. The molecule has 2 aromatic carbocycles. The van der Waals surface area contributed by atoms with E-state index in [1.165, 1.54) is 0 Å². The van der Waals surface area contributed by atoms with E-state index in [1.54, 1.807) is 28.2 Å². The van der Waals surface area contributed by atoms with Gasteiger partial charge in [-0.1, -0.05) is 36.4 Å². The molecule has 7 nitrogen and oxygen atoms in total. The molecule has 172 valence electrons. The standard InChI is InChI=1S/C26H25N5O2S/c27-25(32)20-10-8-19(9-11-20)17-29-12-14-30(15-13-29)26(33)22-18-31(21-5-2-1-3-6-21)28-24(22)23-7-4-16-34-23/h1-11,16,18H,12-15,17H2,(H2,27,32). The molecule has 0 spiro atoms. The van der Waals surface area contributed by atoms with Crippen LogP contribution >= 0.6 is 11.3 Å². The number of primary amides is 1. The van der Waals surface area contributed by atoms with Crippen LogP contribution < -0.4 is 5.73 Å². The summed E-state index contributed by atoms with van der Waals surface area (Å²) in [5.41, 5.74) is 9.23. The van der Waals surface area contributed by atoms with Crippen molar-refractivity contribution in [1.29, 1.82) is 0 Å². The lowest BCUT2D eigenvalue weighted by atomic mass is 10.1. The summed E-state index contributed by atoms with van der Waals surface area (Å²) in [4.78, 5) is 30.0. The smallest absolute Gasteiger partial charge is 0.257 e. The Labute approximate surface area is 202 Å². The number of para-hydroxylation sites is 1. The quantitative estimate of drug-likeness (QED) is 0.465. The van der Waals surface area contributed by atoms with Crippen molar-refractivity contribution in [2.24, 2.45) is 5.73 Å². The molecular weight excluding hydrogens is 446 g/mol. The fraction of sp³-hybridized carbons (Fsp3) is 0.192. The van der Waals surface area contributed by atoms with Gasteiger partial charge in [0.15, 0.2) is 0 Å². The van der Waals surface area contributed by atoms with Gasteiger partial charge in [0.1, 0.15) is 5.69 Å². The summed E-state index contributed by atoms with van der Waals surface area (Å²) in [5.74, 6) is -0.410. The van der Waals surface area contributed by atoms with E-state index in [0.717, 1.165) is 41.5 Å². The number of hydrogen-bond acceptors (Lipinski definition) is 5. The van der Waals surface area contributed by atoms with Crippen LogP contribution in [0.4, 0.5) is 0 Å². The molecule has 3 heterocycles. The number of benzene rings is 2. The van der Waals surface area contributed by atoms with Crippen molar-refractivity contribution in [2.75, 3.05) is 26.2 Å². The molecule has 5 rings (SSSR count). The summed E-state index contributed by atoms with van der Waals surface area (Å²) in [7, 11) is 0. The molecule has 1 saturated heterocycles. The van der Waals surface area contributed by atoms with Crippen LogP contribution in [0.2, 0.25) is 0 Å². The summed E-state index contributed by atoms with van der Waals surface area (Å²) >= 11 is 1.58. The van der Waals surface area contributed by atoms with Crippen molar-refractivity contribution < 1.29 is 9.59 Å². The van der Waals surface area contributed by atoms with Crippen LogP contribution in [-0.4, -0.2) is 57.6 Å². The number of nitrogens with two attached hydrogens (primary N) is 1. The van der Waals surface area contributed by atoms with Crippen LogP contribution in [0.1, 0.15) is 26.3 Å². The average molecular weight is 472 g/mol. The maximum Gasteiger partial charge on any atom is 0.257 e. The minimum absolute atomic E-state index is 0.0102. The minimum Gasteiger partial charge on any atom is -0.366 e. The molecule has 4 aromatic rings. The van der Waals surface area contributed by atoms with Gasteiger partial charge in [0.05, 0.1) is 16.1 Å². The summed E-state index contributed by atoms with van der Waals surface area (Å²) in [5, 5.41) is 6.77. The maximum absolute atomic E-state index is 13.5. The van der Waals surface area contributed by atoms with Crippen molar-refractivity contribution in [3.05, 3.63) is 95.0 Å². The molecular formula is C26H25N5O2S. The van der Waals surface area contributed by atoms with E-state index in [0.29, 0.717) is 24.2 Å². The van der Waals surface area contributed by atoms with Crippen LogP contribution in [0.25, 0.3) is 16.3 Å². The molecule has 0 unspecified atom stereocenters. The Morgan fingerprint density at radius 3 is 2.29 bits per heavy atom. The Morgan fingerprint density at radius 1 is 0.912 bits per heavy atom. The molecule has 1 aliphatic rings. The third kappa shape index (κ3) is 4.64. The Hall–Kier alpha value is -3.75. The van der Waals surface area contributed by atoms with E-state index in [9.17, 15) is 9.59 Å². The normalized spacial score (nSPS) is 14.3. The first-order valence-electron chi connectivity index (χ1n) is 11.2. The molecule has 34 heavy (non-hydrogen) atoms. The fourth-order valence-electron chi connectivity index (χ4n) is 4.15.